The number of nitrogens with zero attached hydrogens (tertiary/aromatic N) is 1. The Labute approximate surface area is 111 Å². The molecule has 2 rings (SSSR count). The molecule has 0 aliphatic carbocycles. The molecule has 1 aliphatic rings. The monoisotopic (exact) mass is 285 g/mol. The van der Waals surface area contributed by atoms with Crippen molar-refractivity contribution in [2.75, 3.05) is 25.1 Å². The minimum atomic E-state index is -3.19. The molecule has 0 radical (unpaired) electrons. The third-order valence-corrected chi connectivity index (χ3v) is 5.58. The van der Waals surface area contributed by atoms with E-state index in [0.29, 0.717) is 18.5 Å². The lowest BCUT2D eigenvalue weighted by molar-refractivity contribution is 0.0969. The Morgan fingerprint density at radius 2 is 2.00 bits per heavy atom. The number of carbonyl (C=O) groups excluding carboxylic acids is 1. The molecule has 1 fully saturated rings. The van der Waals surface area contributed by atoms with Gasteiger partial charge in [0.05, 0.1) is 12.3 Å². The molecule has 0 saturated carbocycles. The second-order valence-electron chi connectivity index (χ2n) is 4.15. The van der Waals surface area contributed by atoms with E-state index in [1.165, 1.54) is 4.31 Å². The SMILES string of the molecule is CSc1ccc(C(=O)CN2CCCS2(=O)=O)cc1. The van der Waals surface area contributed by atoms with Crippen LogP contribution >= 0.6 is 11.8 Å². The third kappa shape index (κ3) is 2.93. The Balaban J connectivity index is 2.07. The van der Waals surface area contributed by atoms with Gasteiger partial charge < -0.3 is 0 Å². The third-order valence-electron chi connectivity index (χ3n) is 2.94. The van der Waals surface area contributed by atoms with Crippen molar-refractivity contribution in [3.63, 3.8) is 0 Å². The highest BCUT2D eigenvalue weighted by molar-refractivity contribution is 7.98. The second-order valence-corrected chi connectivity index (χ2v) is 7.12. The van der Waals surface area contributed by atoms with Crippen LogP contribution in [0.4, 0.5) is 0 Å². The summed E-state index contributed by atoms with van der Waals surface area (Å²) < 4.78 is 24.5. The number of carbonyl (C=O) groups is 1. The fourth-order valence-corrected chi connectivity index (χ4v) is 3.78. The summed E-state index contributed by atoms with van der Waals surface area (Å²) in [4.78, 5) is 13.1. The van der Waals surface area contributed by atoms with Gasteiger partial charge in [0.1, 0.15) is 0 Å². The predicted octanol–water partition coefficient (Wildman–Crippen LogP) is 1.63. The smallest absolute Gasteiger partial charge is 0.214 e. The van der Waals surface area contributed by atoms with E-state index in [1.807, 2.05) is 18.4 Å². The first-order chi connectivity index (χ1) is 8.53. The lowest BCUT2D eigenvalue weighted by atomic mass is 10.1. The van der Waals surface area contributed by atoms with Crippen LogP contribution in [0.5, 0.6) is 0 Å². The Kier molecular flexibility index (Phi) is 4.09. The largest absolute Gasteiger partial charge is 0.293 e. The number of sulfonamides is 1. The van der Waals surface area contributed by atoms with Gasteiger partial charge in [-0.15, -0.1) is 11.8 Å². The van der Waals surface area contributed by atoms with E-state index in [1.54, 1.807) is 23.9 Å². The molecule has 0 bridgehead atoms. The molecule has 0 N–H and O–H groups in total. The summed E-state index contributed by atoms with van der Waals surface area (Å²) >= 11 is 1.60. The topological polar surface area (TPSA) is 54.5 Å². The Morgan fingerprint density at radius 3 is 2.50 bits per heavy atom. The van der Waals surface area contributed by atoms with Crippen molar-refractivity contribution in [3.8, 4) is 0 Å². The van der Waals surface area contributed by atoms with Gasteiger partial charge in [-0.2, -0.15) is 4.31 Å². The van der Waals surface area contributed by atoms with Gasteiger partial charge in [-0.05, 0) is 24.8 Å². The highest BCUT2D eigenvalue weighted by atomic mass is 32.2. The molecule has 1 heterocycles. The maximum atomic E-state index is 12.0. The fourth-order valence-electron chi connectivity index (χ4n) is 1.90. The van der Waals surface area contributed by atoms with Crippen LogP contribution in [0, 0.1) is 0 Å². The molecule has 0 unspecified atom stereocenters. The molecule has 0 spiro atoms. The van der Waals surface area contributed by atoms with Crippen molar-refractivity contribution < 1.29 is 13.2 Å². The number of thioether (sulfide) groups is 1. The minimum absolute atomic E-state index is 0.0407. The molecule has 18 heavy (non-hydrogen) atoms. The highest BCUT2D eigenvalue weighted by Crippen LogP contribution is 2.17. The standard InChI is InChI=1S/C12H15NO3S2/c1-17-11-5-3-10(4-6-11)12(14)9-13-7-2-8-18(13,15)16/h3-6H,2,7-9H2,1H3. The van der Waals surface area contributed by atoms with Gasteiger partial charge in [0.15, 0.2) is 5.78 Å². The highest BCUT2D eigenvalue weighted by Gasteiger charge is 2.29. The van der Waals surface area contributed by atoms with Gasteiger partial charge in [-0.3, -0.25) is 4.79 Å². The Bertz CT molecular complexity index is 537. The van der Waals surface area contributed by atoms with Gasteiger partial charge in [0.25, 0.3) is 0 Å². The average molecular weight is 285 g/mol. The summed E-state index contributed by atoms with van der Waals surface area (Å²) in [5.74, 6) is 0.0132. The van der Waals surface area contributed by atoms with E-state index in [9.17, 15) is 13.2 Å². The van der Waals surface area contributed by atoms with Crippen molar-refractivity contribution in [3.05, 3.63) is 29.8 Å². The molecule has 0 aromatic heterocycles. The molecule has 1 aromatic rings. The molecular weight excluding hydrogens is 270 g/mol. The van der Waals surface area contributed by atoms with Crippen LogP contribution < -0.4 is 0 Å². The lowest BCUT2D eigenvalue weighted by Crippen LogP contribution is -2.31. The van der Waals surface area contributed by atoms with E-state index < -0.39 is 10.0 Å². The summed E-state index contributed by atoms with van der Waals surface area (Å²) in [5, 5.41) is 0. The average Bonchev–Trinajstić information content (AvgIpc) is 2.69. The van der Waals surface area contributed by atoms with E-state index in [0.717, 1.165) is 4.90 Å². The zero-order chi connectivity index (χ0) is 13.2. The molecule has 0 amide bonds. The van der Waals surface area contributed by atoms with Crippen molar-refractivity contribution in [2.24, 2.45) is 0 Å². The van der Waals surface area contributed by atoms with Gasteiger partial charge in [-0.25, -0.2) is 8.42 Å². The minimum Gasteiger partial charge on any atom is -0.293 e. The number of hydrogen-bond donors (Lipinski definition) is 0. The fraction of sp³-hybridized carbons (Fsp3) is 0.417. The first-order valence-corrected chi connectivity index (χ1v) is 8.51. The van der Waals surface area contributed by atoms with Gasteiger partial charge in [0, 0.05) is 17.0 Å². The maximum Gasteiger partial charge on any atom is 0.214 e. The second kappa shape index (κ2) is 5.42. The van der Waals surface area contributed by atoms with Gasteiger partial charge >= 0.3 is 0 Å². The summed E-state index contributed by atoms with van der Waals surface area (Å²) in [5.41, 5.74) is 0.565. The van der Waals surface area contributed by atoms with Crippen molar-refractivity contribution in [1.82, 2.24) is 4.31 Å². The Hall–Kier alpha value is -0.850. The predicted molar refractivity (Wildman–Crippen MR) is 72.5 cm³/mol. The van der Waals surface area contributed by atoms with Gasteiger partial charge in [-0.1, -0.05) is 12.1 Å². The van der Waals surface area contributed by atoms with E-state index >= 15 is 0 Å². The summed E-state index contributed by atoms with van der Waals surface area (Å²) in [7, 11) is -3.19. The van der Waals surface area contributed by atoms with Gasteiger partial charge in [0.2, 0.25) is 10.0 Å². The van der Waals surface area contributed by atoms with Crippen LogP contribution in [0.3, 0.4) is 0 Å². The van der Waals surface area contributed by atoms with Crippen molar-refractivity contribution in [2.45, 2.75) is 11.3 Å². The number of Topliss-reactive ketones (excluding diaryl/α,β-unsaturated/α-hetero) is 1. The van der Waals surface area contributed by atoms with Crippen LogP contribution in [0.15, 0.2) is 29.2 Å². The van der Waals surface area contributed by atoms with Crippen molar-refractivity contribution >= 4 is 27.6 Å². The lowest BCUT2D eigenvalue weighted by Gasteiger charge is -2.13. The summed E-state index contributed by atoms with van der Waals surface area (Å²) in [6, 6.07) is 7.24. The van der Waals surface area contributed by atoms with Crippen LogP contribution in [0.1, 0.15) is 16.8 Å². The molecule has 98 valence electrons. The normalized spacial score (nSPS) is 18.9. The quantitative estimate of drug-likeness (QED) is 0.623. The molecule has 0 atom stereocenters. The van der Waals surface area contributed by atoms with E-state index in [4.69, 9.17) is 0 Å². The van der Waals surface area contributed by atoms with Crippen molar-refractivity contribution in [1.29, 1.82) is 0 Å². The van der Waals surface area contributed by atoms with E-state index in [-0.39, 0.29) is 18.1 Å². The first kappa shape index (κ1) is 13.6. The molecular formula is C12H15NO3S2. The number of rotatable bonds is 4. The van der Waals surface area contributed by atoms with Crippen LogP contribution in [-0.4, -0.2) is 43.6 Å². The summed E-state index contributed by atoms with van der Waals surface area (Å²) in [6.45, 7) is 0.415. The zero-order valence-corrected chi connectivity index (χ0v) is 11.8. The molecule has 1 saturated heterocycles. The number of benzene rings is 1. The molecule has 4 nitrogen and oxygen atoms in total. The van der Waals surface area contributed by atoms with Crippen LogP contribution in [0.2, 0.25) is 0 Å². The number of hydrogen-bond acceptors (Lipinski definition) is 4. The maximum absolute atomic E-state index is 12.0. The summed E-state index contributed by atoms with van der Waals surface area (Å²) in [6.07, 6.45) is 2.58. The van der Waals surface area contributed by atoms with Crippen LogP contribution in [-0.2, 0) is 10.0 Å². The molecule has 1 aromatic carbocycles. The zero-order valence-electron chi connectivity index (χ0n) is 10.1. The van der Waals surface area contributed by atoms with Crippen LogP contribution in [0.25, 0.3) is 0 Å². The number of ketones is 1. The Morgan fingerprint density at radius 1 is 1.33 bits per heavy atom. The van der Waals surface area contributed by atoms with E-state index in [2.05, 4.69) is 0 Å². The molecule has 6 heteroatoms. The molecule has 1 aliphatic heterocycles. The first-order valence-electron chi connectivity index (χ1n) is 5.68.